The van der Waals surface area contributed by atoms with Crippen molar-refractivity contribution < 1.29 is 53.0 Å². The predicted molar refractivity (Wildman–Crippen MR) is 68.4 cm³/mol. The van der Waals surface area contributed by atoms with Crippen molar-refractivity contribution >= 4 is 28.8 Å². The largest absolute Gasteiger partial charge is 0.481 e. The first-order chi connectivity index (χ1) is 9.12. The first-order valence-corrected chi connectivity index (χ1v) is 10.5. The molecule has 12 nitrogen and oxygen atoms in total. The van der Waals surface area contributed by atoms with Gasteiger partial charge in [-0.25, -0.2) is 0 Å². The Morgan fingerprint density at radius 3 is 1.52 bits per heavy atom. The molecule has 0 saturated carbocycles. The molecule has 0 spiro atoms. The van der Waals surface area contributed by atoms with Crippen LogP contribution in [0.25, 0.3) is 0 Å². The molecule has 0 rings (SSSR count). The molecule has 1 atom stereocenters. The van der Waals surface area contributed by atoms with Gasteiger partial charge in [0.05, 0.1) is 0 Å². The minimum Gasteiger partial charge on any atom is -0.481 e. The van der Waals surface area contributed by atoms with E-state index >= 15 is 0 Å². The lowest BCUT2D eigenvalue weighted by atomic mass is 10.3. The Bertz CT molecular complexity index is 478. The number of rotatable bonds is 9. The van der Waals surface area contributed by atoms with E-state index in [0.717, 1.165) is 0 Å². The van der Waals surface area contributed by atoms with Crippen LogP contribution < -0.4 is 0 Å². The summed E-state index contributed by atoms with van der Waals surface area (Å²) in [5.74, 6) is -3.46. The van der Waals surface area contributed by atoms with E-state index in [1.165, 1.54) is 0 Å². The molecule has 0 saturated heterocycles. The average Bonchev–Trinajstić information content (AvgIpc) is 2.08. The molecule has 15 heteroatoms. The van der Waals surface area contributed by atoms with Crippen LogP contribution in [0.5, 0.6) is 0 Å². The molecule has 0 aromatic heterocycles. The van der Waals surface area contributed by atoms with E-state index in [0.29, 0.717) is 0 Å². The van der Waals surface area contributed by atoms with Gasteiger partial charge >= 0.3 is 28.8 Å². The lowest BCUT2D eigenvalue weighted by molar-refractivity contribution is -0.137. The minimum atomic E-state index is -5.08. The summed E-state index contributed by atoms with van der Waals surface area (Å²) in [6.45, 7) is 0. The van der Waals surface area contributed by atoms with Crippen LogP contribution in [-0.4, -0.2) is 63.7 Å². The second-order valence-electron chi connectivity index (χ2n) is 4.20. The molecule has 0 aliphatic rings. The summed E-state index contributed by atoms with van der Waals surface area (Å²) in [5, 5.41) is 8.50. The third kappa shape index (κ3) is 10.3. The molecule has 0 amide bonds. The molecule has 0 radical (unpaired) electrons. The first kappa shape index (κ1) is 20.9. The van der Waals surface area contributed by atoms with Crippen molar-refractivity contribution in [2.24, 2.45) is 0 Å². The van der Waals surface area contributed by atoms with E-state index in [2.05, 4.69) is 0 Å². The molecule has 0 aliphatic heterocycles. The van der Waals surface area contributed by atoms with Crippen LogP contribution in [0.15, 0.2) is 0 Å². The van der Waals surface area contributed by atoms with E-state index in [9.17, 15) is 18.5 Å². The lowest BCUT2D eigenvalue weighted by Gasteiger charge is -2.31. The van der Waals surface area contributed by atoms with Gasteiger partial charge in [-0.1, -0.05) is 0 Å². The maximum Gasteiger partial charge on any atom is 0.342 e. The van der Waals surface area contributed by atoms with Crippen LogP contribution in [0, 0.1) is 0 Å². The van der Waals surface area contributed by atoms with Gasteiger partial charge in [0.25, 0.3) is 0 Å². The summed E-state index contributed by atoms with van der Waals surface area (Å²) < 4.78 is 33.2. The second kappa shape index (κ2) is 7.43. The molecule has 126 valence electrons. The normalized spacial score (nSPS) is 15.2. The highest BCUT2D eigenvalue weighted by molar-refractivity contribution is 7.54. The first-order valence-electron chi connectivity index (χ1n) is 5.22. The van der Waals surface area contributed by atoms with Crippen LogP contribution in [0.1, 0.15) is 12.8 Å². The smallest absolute Gasteiger partial charge is 0.342 e. The highest BCUT2D eigenvalue weighted by Gasteiger charge is 2.40. The average molecular weight is 371 g/mol. The van der Waals surface area contributed by atoms with E-state index in [-0.39, 0.29) is 4.90 Å². The van der Waals surface area contributed by atoms with Crippen molar-refractivity contribution in [3.63, 3.8) is 0 Å². The van der Waals surface area contributed by atoms with Crippen LogP contribution in [0.2, 0.25) is 0 Å². The fraction of sp³-hybridized carbons (Fsp3) is 0.833. The maximum absolute atomic E-state index is 11.3. The van der Waals surface area contributed by atoms with Gasteiger partial charge in [-0.3, -0.25) is 23.4 Å². The Balaban J connectivity index is 5.44. The van der Waals surface area contributed by atoms with E-state index in [1.54, 1.807) is 0 Å². The molecule has 0 heterocycles. The number of nitrogens with zero attached hydrogens (tertiary/aromatic N) is 1. The summed E-state index contributed by atoms with van der Waals surface area (Å²) in [5.41, 5.74) is 0. The number of hydrogen-bond acceptors (Lipinski definition) is 5. The highest BCUT2D eigenvalue weighted by atomic mass is 31.2. The topological polar surface area (TPSA) is 213 Å². The summed E-state index contributed by atoms with van der Waals surface area (Å²) in [6, 6.07) is 0. The van der Waals surface area contributed by atoms with E-state index in [1.807, 2.05) is 0 Å². The minimum absolute atomic E-state index is 0.227. The zero-order chi connectivity index (χ0) is 17.1. The molecular formula is C6H16NO11P3. The van der Waals surface area contributed by atoms with Gasteiger partial charge in [-0.2, -0.15) is 0 Å². The molecule has 0 aliphatic carbocycles. The van der Waals surface area contributed by atoms with E-state index < -0.39 is 60.0 Å². The molecule has 0 bridgehead atoms. The monoisotopic (exact) mass is 371 g/mol. The third-order valence-corrected chi connectivity index (χ3v) is 4.98. The van der Waals surface area contributed by atoms with Gasteiger partial charge < -0.3 is 34.5 Å². The molecule has 21 heavy (non-hydrogen) atoms. The zero-order valence-electron chi connectivity index (χ0n) is 10.5. The van der Waals surface area contributed by atoms with Crippen LogP contribution in [-0.2, 0) is 18.5 Å². The standard InChI is InChI=1S/C6H16NO11P3/c8-6(9)2-1-5(21(16,17)18)7(3-19(10,11)12)4-20(13,14)15/h5H,1-4H2,(H,8,9)(H2,10,11,12)(H2,13,14,15)(H2,16,17,18)/t5-/m0/s1. The summed E-state index contributed by atoms with van der Waals surface area (Å²) in [7, 11) is -14.9. The fourth-order valence-corrected chi connectivity index (χ4v) is 4.53. The Morgan fingerprint density at radius 2 is 1.29 bits per heavy atom. The van der Waals surface area contributed by atoms with Crippen molar-refractivity contribution in [1.29, 1.82) is 0 Å². The van der Waals surface area contributed by atoms with Gasteiger partial charge in [-0.15, -0.1) is 0 Å². The van der Waals surface area contributed by atoms with Crippen molar-refractivity contribution in [3.05, 3.63) is 0 Å². The predicted octanol–water partition coefficient (Wildman–Crippen LogP) is -1.07. The van der Waals surface area contributed by atoms with Crippen LogP contribution in [0.4, 0.5) is 0 Å². The maximum atomic E-state index is 11.3. The van der Waals surface area contributed by atoms with Crippen LogP contribution >= 0.6 is 22.8 Å². The van der Waals surface area contributed by atoms with Gasteiger partial charge in [-0.05, 0) is 6.42 Å². The summed E-state index contributed by atoms with van der Waals surface area (Å²) in [6.07, 6.45) is -4.14. The summed E-state index contributed by atoms with van der Waals surface area (Å²) >= 11 is 0. The Labute approximate surface area is 118 Å². The van der Waals surface area contributed by atoms with Crippen molar-refractivity contribution in [3.8, 4) is 0 Å². The van der Waals surface area contributed by atoms with Gasteiger partial charge in [0.1, 0.15) is 18.4 Å². The third-order valence-electron chi connectivity index (χ3n) is 2.16. The Kier molecular flexibility index (Phi) is 7.39. The summed E-state index contributed by atoms with van der Waals surface area (Å²) in [4.78, 5) is 64.2. The number of carbonyl (C=O) groups is 1. The highest BCUT2D eigenvalue weighted by Crippen LogP contribution is 2.51. The fourth-order valence-electron chi connectivity index (χ4n) is 1.52. The quantitative estimate of drug-likeness (QED) is 0.241. The molecule has 0 unspecified atom stereocenters. The molecular weight excluding hydrogens is 355 g/mol. The van der Waals surface area contributed by atoms with Gasteiger partial charge in [0, 0.05) is 6.42 Å². The van der Waals surface area contributed by atoms with E-state index in [4.69, 9.17) is 34.5 Å². The van der Waals surface area contributed by atoms with Gasteiger partial charge in [0.15, 0.2) is 0 Å². The van der Waals surface area contributed by atoms with Gasteiger partial charge in [0.2, 0.25) is 0 Å². The Hall–Kier alpha value is -0.120. The number of aliphatic carboxylic acids is 1. The Morgan fingerprint density at radius 1 is 0.905 bits per heavy atom. The lowest BCUT2D eigenvalue weighted by Crippen LogP contribution is -2.37. The number of hydrogen-bond donors (Lipinski definition) is 7. The number of carboxylic acid groups (broad SMARTS) is 1. The number of carboxylic acids is 1. The van der Waals surface area contributed by atoms with Crippen molar-refractivity contribution in [1.82, 2.24) is 4.90 Å². The van der Waals surface area contributed by atoms with Crippen molar-refractivity contribution in [2.45, 2.75) is 18.6 Å². The molecule has 0 aromatic carbocycles. The SMILES string of the molecule is O=C(O)CC[C@@H](N(CP(=O)(O)O)CP(=O)(O)O)P(=O)(O)O. The van der Waals surface area contributed by atoms with Crippen LogP contribution in [0.3, 0.4) is 0 Å². The second-order valence-corrected chi connectivity index (χ2v) is 9.20. The molecule has 0 fully saturated rings. The molecule has 0 aromatic rings. The van der Waals surface area contributed by atoms with Crippen molar-refractivity contribution in [2.75, 3.05) is 12.6 Å². The molecule has 7 N–H and O–H groups in total. The zero-order valence-corrected chi connectivity index (χ0v) is 13.1.